The largest absolute Gasteiger partial charge is 0.383 e. The fourth-order valence-corrected chi connectivity index (χ4v) is 2.48. The number of methoxy groups -OCH3 is 1. The standard InChI is InChI=1S/C14H28N2O/c1-12(2)14(10-15,11-17-3)16-9-8-13-6-4-5-7-13/h6,12,16H,4-5,7-11,15H2,1-3H3. The van der Waals surface area contributed by atoms with E-state index in [0.717, 1.165) is 13.0 Å². The first-order valence-electron chi connectivity index (χ1n) is 6.76. The minimum atomic E-state index is -0.0755. The van der Waals surface area contributed by atoms with Crippen molar-refractivity contribution in [2.45, 2.75) is 45.1 Å². The van der Waals surface area contributed by atoms with E-state index in [2.05, 4.69) is 25.2 Å². The molecular formula is C14H28N2O. The third-order valence-electron chi connectivity index (χ3n) is 3.93. The third kappa shape index (κ3) is 4.09. The van der Waals surface area contributed by atoms with Crippen LogP contribution < -0.4 is 11.1 Å². The van der Waals surface area contributed by atoms with Crippen molar-refractivity contribution in [3.63, 3.8) is 0 Å². The molecule has 0 saturated carbocycles. The molecule has 17 heavy (non-hydrogen) atoms. The molecule has 3 nitrogen and oxygen atoms in total. The second kappa shape index (κ2) is 7.14. The Morgan fingerprint density at radius 2 is 2.29 bits per heavy atom. The molecule has 3 N–H and O–H groups in total. The number of nitrogens with two attached hydrogens (primary N) is 1. The highest BCUT2D eigenvalue weighted by molar-refractivity contribution is 5.08. The Balaban J connectivity index is 2.42. The second-order valence-corrected chi connectivity index (χ2v) is 5.38. The number of hydrogen-bond donors (Lipinski definition) is 2. The van der Waals surface area contributed by atoms with Crippen molar-refractivity contribution in [3.05, 3.63) is 11.6 Å². The van der Waals surface area contributed by atoms with Gasteiger partial charge in [0.1, 0.15) is 0 Å². The number of allylic oxidation sites excluding steroid dienone is 1. The van der Waals surface area contributed by atoms with E-state index in [4.69, 9.17) is 10.5 Å². The van der Waals surface area contributed by atoms with Gasteiger partial charge in [0.05, 0.1) is 12.1 Å². The van der Waals surface area contributed by atoms with Gasteiger partial charge in [0, 0.05) is 13.7 Å². The Labute approximate surface area is 106 Å². The number of ether oxygens (including phenoxy) is 1. The lowest BCUT2D eigenvalue weighted by Gasteiger charge is -2.37. The van der Waals surface area contributed by atoms with Gasteiger partial charge in [-0.25, -0.2) is 0 Å². The molecule has 0 heterocycles. The zero-order valence-electron chi connectivity index (χ0n) is 11.6. The highest BCUT2D eigenvalue weighted by Crippen LogP contribution is 2.21. The summed E-state index contributed by atoms with van der Waals surface area (Å²) in [4.78, 5) is 0. The molecular weight excluding hydrogens is 212 g/mol. The van der Waals surface area contributed by atoms with E-state index in [0.29, 0.717) is 19.1 Å². The van der Waals surface area contributed by atoms with Gasteiger partial charge >= 0.3 is 0 Å². The summed E-state index contributed by atoms with van der Waals surface area (Å²) in [7, 11) is 1.74. The maximum atomic E-state index is 5.93. The molecule has 0 aliphatic heterocycles. The van der Waals surface area contributed by atoms with Crippen LogP contribution in [0.1, 0.15) is 39.5 Å². The van der Waals surface area contributed by atoms with Crippen LogP contribution in [-0.4, -0.2) is 32.3 Å². The van der Waals surface area contributed by atoms with Crippen LogP contribution in [0.4, 0.5) is 0 Å². The van der Waals surface area contributed by atoms with Crippen LogP contribution >= 0.6 is 0 Å². The number of rotatable bonds is 8. The lowest BCUT2D eigenvalue weighted by molar-refractivity contribution is 0.0835. The first-order chi connectivity index (χ1) is 8.14. The molecule has 100 valence electrons. The minimum absolute atomic E-state index is 0.0755. The Bertz CT molecular complexity index is 251. The van der Waals surface area contributed by atoms with Gasteiger partial charge in [-0.2, -0.15) is 0 Å². The second-order valence-electron chi connectivity index (χ2n) is 5.38. The van der Waals surface area contributed by atoms with Gasteiger partial charge in [0.25, 0.3) is 0 Å². The lowest BCUT2D eigenvalue weighted by atomic mass is 9.87. The zero-order valence-corrected chi connectivity index (χ0v) is 11.6. The van der Waals surface area contributed by atoms with E-state index in [1.165, 1.54) is 19.3 Å². The van der Waals surface area contributed by atoms with Gasteiger partial charge in [-0.3, -0.25) is 0 Å². The van der Waals surface area contributed by atoms with Crippen LogP contribution in [0.2, 0.25) is 0 Å². The summed E-state index contributed by atoms with van der Waals surface area (Å²) in [6.45, 7) is 6.71. The van der Waals surface area contributed by atoms with Gasteiger partial charge in [0.2, 0.25) is 0 Å². The summed E-state index contributed by atoms with van der Waals surface area (Å²) in [6.07, 6.45) is 7.41. The van der Waals surface area contributed by atoms with E-state index < -0.39 is 0 Å². The van der Waals surface area contributed by atoms with Crippen molar-refractivity contribution in [2.24, 2.45) is 11.7 Å². The number of nitrogens with one attached hydrogen (secondary N) is 1. The smallest absolute Gasteiger partial charge is 0.0659 e. The molecule has 3 heteroatoms. The summed E-state index contributed by atoms with van der Waals surface area (Å²) in [5, 5.41) is 3.62. The summed E-state index contributed by atoms with van der Waals surface area (Å²) < 4.78 is 5.32. The normalized spacial score (nSPS) is 19.5. The molecule has 0 aromatic rings. The molecule has 1 unspecified atom stereocenters. The predicted octanol–water partition coefficient (Wildman–Crippen LogP) is 2.08. The van der Waals surface area contributed by atoms with Gasteiger partial charge < -0.3 is 15.8 Å². The summed E-state index contributed by atoms with van der Waals surface area (Å²) in [5.74, 6) is 0.477. The lowest BCUT2D eigenvalue weighted by Crippen LogP contribution is -2.58. The highest BCUT2D eigenvalue weighted by atomic mass is 16.5. The van der Waals surface area contributed by atoms with Crippen LogP contribution in [0, 0.1) is 5.92 Å². The zero-order chi connectivity index (χ0) is 12.7. The number of hydrogen-bond acceptors (Lipinski definition) is 3. The van der Waals surface area contributed by atoms with Gasteiger partial charge in [-0.15, -0.1) is 0 Å². The van der Waals surface area contributed by atoms with Gasteiger partial charge in [-0.1, -0.05) is 25.5 Å². The van der Waals surface area contributed by atoms with Gasteiger partial charge in [-0.05, 0) is 38.1 Å². The van der Waals surface area contributed by atoms with Crippen molar-refractivity contribution >= 4 is 0 Å². The quantitative estimate of drug-likeness (QED) is 0.639. The molecule has 0 radical (unpaired) electrons. The fraction of sp³-hybridized carbons (Fsp3) is 0.857. The molecule has 0 aromatic carbocycles. The van der Waals surface area contributed by atoms with Crippen LogP contribution in [0.5, 0.6) is 0 Å². The Morgan fingerprint density at radius 3 is 2.76 bits per heavy atom. The molecule has 0 bridgehead atoms. The van der Waals surface area contributed by atoms with E-state index in [1.54, 1.807) is 12.7 Å². The molecule has 1 aliphatic carbocycles. The fourth-order valence-electron chi connectivity index (χ4n) is 2.48. The average molecular weight is 240 g/mol. The molecule has 0 fully saturated rings. The van der Waals surface area contributed by atoms with E-state index >= 15 is 0 Å². The Kier molecular flexibility index (Phi) is 6.17. The molecule has 0 amide bonds. The third-order valence-corrected chi connectivity index (χ3v) is 3.93. The van der Waals surface area contributed by atoms with Crippen molar-refractivity contribution in [1.29, 1.82) is 0 Å². The monoisotopic (exact) mass is 240 g/mol. The van der Waals surface area contributed by atoms with Crippen LogP contribution in [0.25, 0.3) is 0 Å². The first-order valence-corrected chi connectivity index (χ1v) is 6.76. The summed E-state index contributed by atoms with van der Waals surface area (Å²) >= 11 is 0. The topological polar surface area (TPSA) is 47.3 Å². The first kappa shape index (κ1) is 14.7. The molecule has 1 aliphatic rings. The predicted molar refractivity (Wildman–Crippen MR) is 73.1 cm³/mol. The molecule has 0 aromatic heterocycles. The van der Waals surface area contributed by atoms with E-state index in [9.17, 15) is 0 Å². The van der Waals surface area contributed by atoms with E-state index in [-0.39, 0.29) is 5.54 Å². The van der Waals surface area contributed by atoms with Crippen LogP contribution in [0.15, 0.2) is 11.6 Å². The SMILES string of the molecule is COCC(CN)(NCCC1=CCCC1)C(C)C. The molecule has 1 rings (SSSR count). The van der Waals surface area contributed by atoms with Crippen molar-refractivity contribution in [3.8, 4) is 0 Å². The van der Waals surface area contributed by atoms with Crippen LogP contribution in [-0.2, 0) is 4.74 Å². The highest BCUT2D eigenvalue weighted by Gasteiger charge is 2.31. The van der Waals surface area contributed by atoms with E-state index in [1.807, 2.05) is 0 Å². The molecule has 1 atom stereocenters. The summed E-state index contributed by atoms with van der Waals surface area (Å²) in [5.41, 5.74) is 7.46. The molecule has 0 saturated heterocycles. The van der Waals surface area contributed by atoms with Crippen molar-refractivity contribution in [2.75, 3.05) is 26.8 Å². The summed E-state index contributed by atoms with van der Waals surface area (Å²) in [6, 6.07) is 0. The maximum absolute atomic E-state index is 5.93. The Hall–Kier alpha value is -0.380. The van der Waals surface area contributed by atoms with Crippen molar-refractivity contribution in [1.82, 2.24) is 5.32 Å². The van der Waals surface area contributed by atoms with Gasteiger partial charge in [0.15, 0.2) is 0 Å². The average Bonchev–Trinajstić information content (AvgIpc) is 2.80. The van der Waals surface area contributed by atoms with Crippen molar-refractivity contribution < 1.29 is 4.74 Å². The molecule has 0 spiro atoms. The Morgan fingerprint density at radius 1 is 1.53 bits per heavy atom. The maximum Gasteiger partial charge on any atom is 0.0659 e. The van der Waals surface area contributed by atoms with Crippen LogP contribution in [0.3, 0.4) is 0 Å². The minimum Gasteiger partial charge on any atom is -0.383 e.